The molecule has 0 bridgehead atoms. The molecule has 3 N–H and O–H groups in total. The largest absolute Gasteiger partial charge is 0.388 e. The predicted octanol–water partition coefficient (Wildman–Crippen LogP) is 6.78. The van der Waals surface area contributed by atoms with E-state index in [0.29, 0.717) is 62.9 Å². The highest BCUT2D eigenvalue weighted by Gasteiger charge is 2.40. The normalized spacial score (nSPS) is 22.6. The van der Waals surface area contributed by atoms with Gasteiger partial charge in [-0.25, -0.2) is 28.1 Å². The number of aliphatic hydroxyl groups is 1. The van der Waals surface area contributed by atoms with Crippen LogP contribution in [0.2, 0.25) is 0 Å². The van der Waals surface area contributed by atoms with Gasteiger partial charge in [-0.3, -0.25) is 19.1 Å². The Morgan fingerprint density at radius 2 is 1.67 bits per heavy atom. The molecule has 4 aliphatic rings. The van der Waals surface area contributed by atoms with Crippen LogP contribution in [0, 0.1) is 5.82 Å². The molecular formula is C46H62F3N11O3. The third-order valence-electron chi connectivity index (χ3n) is 13.6. The van der Waals surface area contributed by atoms with Crippen LogP contribution in [0.3, 0.4) is 0 Å². The van der Waals surface area contributed by atoms with Crippen molar-refractivity contribution in [2.75, 3.05) is 79.3 Å². The lowest BCUT2D eigenvalue weighted by Gasteiger charge is -2.36. The van der Waals surface area contributed by atoms with Gasteiger partial charge in [0.2, 0.25) is 11.9 Å². The van der Waals surface area contributed by atoms with Gasteiger partial charge in [0.1, 0.15) is 29.4 Å². The molecule has 14 nitrogen and oxygen atoms in total. The number of unbranched alkanes of at least 4 members (excludes halogenated alkanes) is 4. The smallest absolute Gasteiger partial charge is 0.269 e. The minimum atomic E-state index is -2.96. The van der Waals surface area contributed by atoms with E-state index in [2.05, 4.69) is 45.3 Å². The number of carbonyl (C=O) groups is 1. The third-order valence-corrected chi connectivity index (χ3v) is 13.6. The van der Waals surface area contributed by atoms with Crippen molar-refractivity contribution in [2.45, 2.75) is 121 Å². The summed E-state index contributed by atoms with van der Waals surface area (Å²) in [4.78, 5) is 53.5. The fourth-order valence-corrected chi connectivity index (χ4v) is 9.96. The Morgan fingerprint density at radius 3 is 2.43 bits per heavy atom. The van der Waals surface area contributed by atoms with Gasteiger partial charge < -0.3 is 30.4 Å². The number of halogens is 3. The average Bonchev–Trinajstić information content (AvgIpc) is 3.64. The lowest BCUT2D eigenvalue weighted by atomic mass is 9.99. The maximum Gasteiger partial charge on any atom is 0.269 e. The highest BCUT2D eigenvalue weighted by molar-refractivity contribution is 5.77. The predicted molar refractivity (Wildman–Crippen MR) is 239 cm³/mol. The number of aromatic nitrogens is 5. The van der Waals surface area contributed by atoms with Gasteiger partial charge in [-0.1, -0.05) is 25.3 Å². The van der Waals surface area contributed by atoms with E-state index in [4.69, 9.17) is 0 Å². The number of anilines is 4. The monoisotopic (exact) mass is 873 g/mol. The van der Waals surface area contributed by atoms with E-state index in [0.717, 1.165) is 114 Å². The first-order valence-electron chi connectivity index (χ1n) is 23.0. The fraction of sp³-hybridized carbons (Fsp3) is 0.609. The van der Waals surface area contributed by atoms with Gasteiger partial charge in [0.25, 0.3) is 12.0 Å². The number of rotatable bonds is 16. The molecule has 340 valence electrons. The van der Waals surface area contributed by atoms with Crippen LogP contribution in [0.25, 0.3) is 11.0 Å². The second-order valence-corrected chi connectivity index (χ2v) is 18.1. The van der Waals surface area contributed by atoms with Crippen molar-refractivity contribution in [3.63, 3.8) is 0 Å². The number of nitrogens with one attached hydrogen (secondary N) is 2. The van der Waals surface area contributed by atoms with Crippen molar-refractivity contribution in [1.82, 2.24) is 34.3 Å². The molecule has 1 aliphatic carbocycles. The lowest BCUT2D eigenvalue weighted by molar-refractivity contribution is -0.132. The fourth-order valence-electron chi connectivity index (χ4n) is 9.96. The number of hydrogen-bond acceptors (Lipinski definition) is 12. The Kier molecular flexibility index (Phi) is 14.3. The standard InChI is InChI=1S/C46H62F3N11O3/c1-46(63)17-8-13-38(46)60-43-32(26-37(42(48)49)44(60)62)29-50-45(55-43)54-34-15-20-58(21-16-34)41(61)14-5-3-2-4-6-18-56-22-24-57(25-23-56)40-28-39(51-31-52-40)53-35-11-9-19-59(30-35)36-12-7-10-33(47)27-36/h7,10,12,26-29,31,34-35,38,42,63H,2-6,8-9,11,13-25,30H2,1H3,(H,50,54,55)(H,51,52,53)/t35-,38+,46+/m1/s1. The van der Waals surface area contributed by atoms with Crippen molar-refractivity contribution in [3.05, 3.63) is 70.7 Å². The summed E-state index contributed by atoms with van der Waals surface area (Å²) in [6.45, 7) is 9.49. The van der Waals surface area contributed by atoms with Crippen LogP contribution >= 0.6 is 0 Å². The molecule has 1 saturated carbocycles. The van der Waals surface area contributed by atoms with Crippen LogP contribution in [0.15, 0.2) is 53.7 Å². The molecule has 4 aromatic rings. The SMILES string of the molecule is C[C@]1(O)CCC[C@@H]1n1c(=O)c(C(F)F)cc2cnc(NC3CCN(C(=O)CCCCCCCN4CCN(c5cc(N[C@@H]6CCCN(c7cccc(F)c7)C6)ncn5)CC4)CC3)nc21. The highest BCUT2D eigenvalue weighted by Crippen LogP contribution is 2.40. The van der Waals surface area contributed by atoms with Crippen LogP contribution in [-0.4, -0.2) is 122 Å². The van der Waals surface area contributed by atoms with E-state index in [1.54, 1.807) is 25.4 Å². The minimum Gasteiger partial charge on any atom is -0.388 e. The molecule has 6 heterocycles. The molecule has 0 radical (unpaired) electrons. The Morgan fingerprint density at radius 1 is 0.873 bits per heavy atom. The molecule has 4 fully saturated rings. The highest BCUT2D eigenvalue weighted by atomic mass is 19.3. The molecule has 1 amide bonds. The zero-order chi connectivity index (χ0) is 43.9. The van der Waals surface area contributed by atoms with E-state index in [1.807, 2.05) is 17.0 Å². The summed E-state index contributed by atoms with van der Waals surface area (Å²) >= 11 is 0. The van der Waals surface area contributed by atoms with Gasteiger partial charge in [0.15, 0.2) is 0 Å². The van der Waals surface area contributed by atoms with Gasteiger partial charge in [-0.05, 0) is 95.5 Å². The van der Waals surface area contributed by atoms with Gasteiger partial charge in [-0.2, -0.15) is 4.98 Å². The van der Waals surface area contributed by atoms with Crippen LogP contribution in [-0.2, 0) is 4.79 Å². The maximum atomic E-state index is 13.8. The molecule has 8 rings (SSSR count). The molecule has 3 aliphatic heterocycles. The summed E-state index contributed by atoms with van der Waals surface area (Å²) < 4.78 is 42.8. The zero-order valence-corrected chi connectivity index (χ0v) is 36.4. The van der Waals surface area contributed by atoms with E-state index >= 15 is 0 Å². The first-order chi connectivity index (χ1) is 30.5. The van der Waals surface area contributed by atoms with Crippen LogP contribution in [0.4, 0.5) is 36.4 Å². The molecule has 3 saturated heterocycles. The van der Waals surface area contributed by atoms with Crippen LogP contribution < -0.4 is 26.0 Å². The van der Waals surface area contributed by atoms with Crippen molar-refractivity contribution in [2.24, 2.45) is 0 Å². The van der Waals surface area contributed by atoms with E-state index in [9.17, 15) is 27.9 Å². The number of carbonyl (C=O) groups excluding carboxylic acids is 1. The Bertz CT molecular complexity index is 2230. The maximum absolute atomic E-state index is 13.8. The van der Waals surface area contributed by atoms with Crippen LogP contribution in [0.5, 0.6) is 0 Å². The number of benzene rings is 1. The molecule has 0 unspecified atom stereocenters. The second-order valence-electron chi connectivity index (χ2n) is 18.1. The molecular weight excluding hydrogens is 812 g/mol. The lowest BCUT2D eigenvalue weighted by Crippen LogP contribution is -2.47. The Labute approximate surface area is 367 Å². The number of piperidine rings is 2. The quantitative estimate of drug-likeness (QED) is 0.102. The Balaban J connectivity index is 0.704. The minimum absolute atomic E-state index is 0.0154. The summed E-state index contributed by atoms with van der Waals surface area (Å²) in [5, 5.41) is 18.3. The first kappa shape index (κ1) is 44.6. The number of alkyl halides is 2. The summed E-state index contributed by atoms with van der Waals surface area (Å²) in [6, 6.07) is 9.59. The molecule has 3 atom stereocenters. The third kappa shape index (κ3) is 11.0. The summed E-state index contributed by atoms with van der Waals surface area (Å²) in [7, 11) is 0. The van der Waals surface area contributed by atoms with Crippen molar-refractivity contribution < 1.29 is 23.1 Å². The number of hydrogen-bond donors (Lipinski definition) is 3. The number of fused-ring (bicyclic) bond motifs is 1. The van der Waals surface area contributed by atoms with Crippen molar-refractivity contribution in [1.29, 1.82) is 0 Å². The summed E-state index contributed by atoms with van der Waals surface area (Å²) in [5.41, 5.74) is -1.52. The molecule has 17 heteroatoms. The first-order valence-corrected chi connectivity index (χ1v) is 23.0. The second kappa shape index (κ2) is 20.2. The topological polar surface area (TPSA) is 148 Å². The van der Waals surface area contributed by atoms with Gasteiger partial charge >= 0.3 is 0 Å². The average molecular weight is 874 g/mol. The van der Waals surface area contributed by atoms with E-state index in [1.165, 1.54) is 16.8 Å². The molecule has 1 aromatic carbocycles. The number of nitrogens with zero attached hydrogens (tertiary/aromatic N) is 9. The molecule has 3 aromatic heterocycles. The van der Waals surface area contributed by atoms with Gasteiger partial charge in [-0.15, -0.1) is 0 Å². The zero-order valence-electron chi connectivity index (χ0n) is 36.4. The van der Waals surface area contributed by atoms with Crippen molar-refractivity contribution >= 4 is 40.2 Å². The number of amides is 1. The molecule has 63 heavy (non-hydrogen) atoms. The summed E-state index contributed by atoms with van der Waals surface area (Å²) in [5.74, 6) is 2.03. The Hall–Kier alpha value is -5.03. The number of likely N-dealkylation sites (tertiary alicyclic amines) is 1. The van der Waals surface area contributed by atoms with Gasteiger partial charge in [0.05, 0.1) is 17.2 Å². The molecule has 0 spiro atoms. The number of pyridine rings is 1. The van der Waals surface area contributed by atoms with Gasteiger partial charge in [0, 0.05) is 94.2 Å². The van der Waals surface area contributed by atoms with E-state index < -0.39 is 29.2 Å². The number of piperazine rings is 1. The van der Waals surface area contributed by atoms with E-state index in [-0.39, 0.29) is 29.5 Å². The summed E-state index contributed by atoms with van der Waals surface area (Å²) in [6.07, 6.45) is 11.1. The van der Waals surface area contributed by atoms with Crippen LogP contribution in [0.1, 0.15) is 108 Å². The van der Waals surface area contributed by atoms with Crippen molar-refractivity contribution in [3.8, 4) is 0 Å².